The van der Waals surface area contributed by atoms with Crippen LogP contribution < -0.4 is 9.62 Å². The smallest absolute Gasteiger partial charge is 0.352 e. The normalized spacial score (nSPS) is 16.4. The monoisotopic (exact) mass is 363 g/mol. The van der Waals surface area contributed by atoms with Crippen molar-refractivity contribution in [3.8, 4) is 5.75 Å². The molecule has 2 aromatic carbocycles. The number of carbonyl (C=O) groups excluding carboxylic acids is 1. The van der Waals surface area contributed by atoms with Gasteiger partial charge in [0.05, 0.1) is 5.69 Å². The molecule has 1 aliphatic rings. The molecule has 1 aliphatic heterocycles. The number of hydrogen-bond donors (Lipinski definition) is 3. The molecule has 0 aliphatic carbocycles. The van der Waals surface area contributed by atoms with Gasteiger partial charge in [0, 0.05) is 13.1 Å². The van der Waals surface area contributed by atoms with E-state index in [1.807, 2.05) is 30.3 Å². The summed E-state index contributed by atoms with van der Waals surface area (Å²) < 4.78 is 24.4. The Kier molecular flexibility index (Phi) is 4.62. The largest absolute Gasteiger partial charge is 0.506 e. The maximum absolute atomic E-state index is 12.0. The molecule has 0 aromatic heterocycles. The average Bonchev–Trinajstić information content (AvgIpc) is 2.80. The second kappa shape index (κ2) is 6.71. The average molecular weight is 363 g/mol. The van der Waals surface area contributed by atoms with Crippen LogP contribution in [-0.2, 0) is 28.1 Å². The van der Waals surface area contributed by atoms with Gasteiger partial charge in [-0.05, 0) is 23.3 Å². The standard InChI is InChI=1S/C16H17N3O5S/c20-15-7-6-13(10-17-9-12-4-2-1-3-5-12)8-14(15)18-11-16(21)19(22)25(18,23)24/h1-8,17,20,22H,9-11H2. The van der Waals surface area contributed by atoms with Crippen molar-refractivity contribution >= 4 is 21.8 Å². The lowest BCUT2D eigenvalue weighted by molar-refractivity contribution is -0.142. The summed E-state index contributed by atoms with van der Waals surface area (Å²) in [6.45, 7) is 0.502. The number of anilines is 1. The van der Waals surface area contributed by atoms with Crippen molar-refractivity contribution in [2.75, 3.05) is 10.8 Å². The van der Waals surface area contributed by atoms with Gasteiger partial charge >= 0.3 is 10.2 Å². The van der Waals surface area contributed by atoms with Gasteiger partial charge in [-0.25, -0.2) is 4.31 Å². The second-order valence-corrected chi connectivity index (χ2v) is 7.25. The molecule has 0 radical (unpaired) electrons. The maximum Gasteiger partial charge on any atom is 0.352 e. The van der Waals surface area contributed by atoms with E-state index in [2.05, 4.69) is 5.32 Å². The number of hydrogen-bond acceptors (Lipinski definition) is 6. The van der Waals surface area contributed by atoms with Crippen molar-refractivity contribution in [2.45, 2.75) is 13.1 Å². The van der Waals surface area contributed by atoms with E-state index in [-0.39, 0.29) is 15.9 Å². The van der Waals surface area contributed by atoms with E-state index in [1.54, 1.807) is 6.07 Å². The van der Waals surface area contributed by atoms with Crippen LogP contribution in [-0.4, -0.2) is 35.7 Å². The van der Waals surface area contributed by atoms with Gasteiger partial charge in [0.2, 0.25) is 0 Å². The number of nitrogens with one attached hydrogen (secondary N) is 1. The lowest BCUT2D eigenvalue weighted by atomic mass is 10.1. The van der Waals surface area contributed by atoms with Crippen molar-refractivity contribution in [3.63, 3.8) is 0 Å². The molecule has 2 aromatic rings. The van der Waals surface area contributed by atoms with Gasteiger partial charge in [-0.15, -0.1) is 0 Å². The number of amides is 1. The molecule has 0 atom stereocenters. The Morgan fingerprint density at radius 2 is 1.72 bits per heavy atom. The quantitative estimate of drug-likeness (QED) is 0.683. The predicted octanol–water partition coefficient (Wildman–Crippen LogP) is 0.965. The van der Waals surface area contributed by atoms with E-state index in [4.69, 9.17) is 0 Å². The van der Waals surface area contributed by atoms with Gasteiger partial charge in [-0.3, -0.25) is 10.0 Å². The van der Waals surface area contributed by atoms with Crippen molar-refractivity contribution < 1.29 is 23.5 Å². The van der Waals surface area contributed by atoms with E-state index in [0.717, 1.165) is 11.1 Å². The molecular formula is C16H17N3O5S. The fourth-order valence-electron chi connectivity index (χ4n) is 2.52. The Morgan fingerprint density at radius 1 is 1.04 bits per heavy atom. The first-order valence-electron chi connectivity index (χ1n) is 7.51. The molecule has 3 N–H and O–H groups in total. The van der Waals surface area contributed by atoms with E-state index in [0.29, 0.717) is 17.4 Å². The molecule has 0 spiro atoms. The van der Waals surface area contributed by atoms with Crippen molar-refractivity contribution in [1.82, 2.24) is 9.79 Å². The molecule has 8 nitrogen and oxygen atoms in total. The first-order valence-corrected chi connectivity index (χ1v) is 8.90. The van der Waals surface area contributed by atoms with E-state index in [9.17, 15) is 23.5 Å². The van der Waals surface area contributed by atoms with Gasteiger partial charge in [0.25, 0.3) is 5.91 Å². The number of phenolic OH excluding ortho intramolecular Hbond substituents is 1. The summed E-state index contributed by atoms with van der Waals surface area (Å²) in [6, 6.07) is 14.2. The molecule has 25 heavy (non-hydrogen) atoms. The van der Waals surface area contributed by atoms with E-state index >= 15 is 0 Å². The van der Waals surface area contributed by atoms with E-state index < -0.39 is 22.7 Å². The van der Waals surface area contributed by atoms with Crippen LogP contribution in [0.15, 0.2) is 48.5 Å². The minimum absolute atomic E-state index is 0.0519. The van der Waals surface area contributed by atoms with Crippen molar-refractivity contribution in [3.05, 3.63) is 59.7 Å². The molecule has 9 heteroatoms. The summed E-state index contributed by atoms with van der Waals surface area (Å²) in [5.74, 6) is -1.27. The number of carbonyl (C=O) groups is 1. The third-order valence-electron chi connectivity index (χ3n) is 3.80. The molecule has 0 bridgehead atoms. The lowest BCUT2D eigenvalue weighted by Gasteiger charge is -2.18. The maximum atomic E-state index is 12.0. The summed E-state index contributed by atoms with van der Waals surface area (Å²) in [5, 5.41) is 22.5. The van der Waals surface area contributed by atoms with Crippen LogP contribution in [0.4, 0.5) is 5.69 Å². The zero-order valence-electron chi connectivity index (χ0n) is 13.2. The van der Waals surface area contributed by atoms with Crippen LogP contribution in [0.2, 0.25) is 0 Å². The van der Waals surface area contributed by atoms with Crippen LogP contribution in [0.3, 0.4) is 0 Å². The Bertz CT molecular complexity index is 886. The fourth-order valence-corrected chi connectivity index (χ4v) is 3.69. The molecule has 0 unspecified atom stereocenters. The van der Waals surface area contributed by atoms with Gasteiger partial charge in [-0.1, -0.05) is 40.9 Å². The van der Waals surface area contributed by atoms with Crippen LogP contribution in [0.1, 0.15) is 11.1 Å². The molecule has 1 saturated heterocycles. The molecule has 1 heterocycles. The van der Waals surface area contributed by atoms with Gasteiger partial charge in [-0.2, -0.15) is 8.42 Å². The highest BCUT2D eigenvalue weighted by Crippen LogP contribution is 2.33. The molecular weight excluding hydrogens is 346 g/mol. The predicted molar refractivity (Wildman–Crippen MR) is 90.0 cm³/mol. The first-order chi connectivity index (χ1) is 11.9. The third kappa shape index (κ3) is 3.43. The molecule has 0 saturated carbocycles. The zero-order valence-corrected chi connectivity index (χ0v) is 14.0. The number of rotatable bonds is 5. The number of benzene rings is 2. The summed E-state index contributed by atoms with van der Waals surface area (Å²) in [6.07, 6.45) is 0. The Balaban J connectivity index is 1.76. The summed E-state index contributed by atoms with van der Waals surface area (Å²) >= 11 is 0. The van der Waals surface area contributed by atoms with Crippen molar-refractivity contribution in [1.29, 1.82) is 0 Å². The Hall–Kier alpha value is -2.62. The lowest BCUT2D eigenvalue weighted by Crippen LogP contribution is -2.31. The molecule has 1 fully saturated rings. The minimum atomic E-state index is -4.38. The summed E-state index contributed by atoms with van der Waals surface area (Å²) in [5.41, 5.74) is 1.77. The van der Waals surface area contributed by atoms with Crippen LogP contribution >= 0.6 is 0 Å². The number of nitrogens with zero attached hydrogens (tertiary/aromatic N) is 2. The fraction of sp³-hybridized carbons (Fsp3) is 0.188. The van der Waals surface area contributed by atoms with Gasteiger partial charge in [0.1, 0.15) is 12.3 Å². The number of phenols is 1. The third-order valence-corrected chi connectivity index (χ3v) is 5.32. The summed E-state index contributed by atoms with van der Waals surface area (Å²) in [4.78, 5) is 11.5. The Labute approximate surface area is 145 Å². The molecule has 132 valence electrons. The topological polar surface area (TPSA) is 110 Å². The first kappa shape index (κ1) is 17.2. The van der Waals surface area contributed by atoms with E-state index in [1.165, 1.54) is 12.1 Å². The highest BCUT2D eigenvalue weighted by Gasteiger charge is 2.43. The van der Waals surface area contributed by atoms with Crippen LogP contribution in [0.25, 0.3) is 0 Å². The van der Waals surface area contributed by atoms with Crippen LogP contribution in [0.5, 0.6) is 5.75 Å². The number of hydroxylamine groups is 1. The SMILES string of the molecule is O=C1CN(c2cc(CNCc3ccccc3)ccc2O)S(=O)(=O)N1O. The van der Waals surface area contributed by atoms with Gasteiger partial charge in [0.15, 0.2) is 0 Å². The minimum Gasteiger partial charge on any atom is -0.506 e. The van der Waals surface area contributed by atoms with Gasteiger partial charge < -0.3 is 10.4 Å². The second-order valence-electron chi connectivity index (χ2n) is 5.56. The molecule has 3 rings (SSSR count). The Morgan fingerprint density at radius 3 is 2.36 bits per heavy atom. The zero-order chi connectivity index (χ0) is 18.0. The summed E-state index contributed by atoms with van der Waals surface area (Å²) in [7, 11) is -4.38. The van der Waals surface area contributed by atoms with Crippen molar-refractivity contribution in [2.24, 2.45) is 0 Å². The molecule has 1 amide bonds. The van der Waals surface area contributed by atoms with Crippen LogP contribution in [0, 0.1) is 0 Å². The highest BCUT2D eigenvalue weighted by atomic mass is 32.2. The number of aromatic hydroxyl groups is 1. The highest BCUT2D eigenvalue weighted by molar-refractivity contribution is 7.91.